The van der Waals surface area contributed by atoms with Crippen LogP contribution in [0.3, 0.4) is 0 Å². The summed E-state index contributed by atoms with van der Waals surface area (Å²) in [7, 11) is 0. The number of para-hydroxylation sites is 1. The van der Waals surface area contributed by atoms with Crippen LogP contribution in [0.1, 0.15) is 22.9 Å². The van der Waals surface area contributed by atoms with E-state index in [0.717, 1.165) is 28.0 Å². The van der Waals surface area contributed by atoms with Gasteiger partial charge in [0.2, 0.25) is 0 Å². The number of aromatic nitrogens is 3. The maximum absolute atomic E-state index is 5.51. The zero-order valence-corrected chi connectivity index (χ0v) is 24.9. The average molecular weight is 586 g/mol. The first-order chi connectivity index (χ1) is 22.8. The van der Waals surface area contributed by atoms with Gasteiger partial charge < -0.3 is 4.40 Å². The Balaban J connectivity index is 1.24. The lowest BCUT2D eigenvalue weighted by atomic mass is 9.92. The smallest absolute Gasteiger partial charge is 0.141 e. The van der Waals surface area contributed by atoms with E-state index in [2.05, 4.69) is 162 Å². The molecule has 3 heteroatoms. The number of benzene rings is 6. The molecule has 214 valence electrons. The minimum atomic E-state index is -0.0724. The molecule has 1 atom stereocenters. The van der Waals surface area contributed by atoms with Crippen LogP contribution in [0.15, 0.2) is 158 Å². The Labute approximate surface area is 266 Å². The molecule has 1 aliphatic carbocycles. The van der Waals surface area contributed by atoms with Gasteiger partial charge in [-0.15, -0.1) is 0 Å². The van der Waals surface area contributed by atoms with Gasteiger partial charge in [-0.2, -0.15) is 0 Å². The van der Waals surface area contributed by atoms with Crippen LogP contribution in [0, 0.1) is 0 Å². The molecule has 0 amide bonds. The molecular weight excluding hydrogens is 558 g/mol. The standard InChI is InChI=1S/C43H27N3/c1-2-12-27(13-3-1)29-21-22-34(31-16-5-4-15-30(29)31)42-35-19-8-9-20-38(35)44-43(45-42)41-33-18-7-6-17-32(33)40-36(41)23-24-39-37(40)26-28-14-10-11-25-46(28)39/h1-26,41H. The van der Waals surface area contributed by atoms with Gasteiger partial charge in [0, 0.05) is 28.0 Å². The lowest BCUT2D eigenvalue weighted by molar-refractivity contribution is 0.892. The number of nitrogens with zero attached hydrogens (tertiary/aromatic N) is 3. The van der Waals surface area contributed by atoms with Crippen molar-refractivity contribution in [1.29, 1.82) is 0 Å². The summed E-state index contributed by atoms with van der Waals surface area (Å²) in [6.07, 6.45) is 2.15. The molecule has 0 N–H and O–H groups in total. The molecule has 0 aliphatic heterocycles. The summed E-state index contributed by atoms with van der Waals surface area (Å²) < 4.78 is 2.28. The Morgan fingerprint density at radius 1 is 0.478 bits per heavy atom. The summed E-state index contributed by atoms with van der Waals surface area (Å²) in [4.78, 5) is 10.8. The second-order valence-electron chi connectivity index (χ2n) is 12.1. The van der Waals surface area contributed by atoms with E-state index in [9.17, 15) is 0 Å². The molecule has 10 rings (SSSR count). The van der Waals surface area contributed by atoms with Crippen molar-refractivity contribution < 1.29 is 0 Å². The van der Waals surface area contributed by atoms with Gasteiger partial charge in [-0.25, -0.2) is 9.97 Å². The van der Waals surface area contributed by atoms with Crippen molar-refractivity contribution in [3.05, 3.63) is 175 Å². The summed E-state index contributed by atoms with van der Waals surface area (Å²) in [6, 6.07) is 54.3. The second-order valence-corrected chi connectivity index (χ2v) is 12.1. The number of rotatable bonds is 3. The largest absolute Gasteiger partial charge is 0.317 e. The zero-order valence-electron chi connectivity index (χ0n) is 24.9. The fourth-order valence-corrected chi connectivity index (χ4v) is 7.69. The van der Waals surface area contributed by atoms with Crippen molar-refractivity contribution in [3.63, 3.8) is 0 Å². The number of hydrogen-bond donors (Lipinski definition) is 0. The summed E-state index contributed by atoms with van der Waals surface area (Å²) in [5, 5.41) is 4.73. The SMILES string of the molecule is c1ccc(-c2ccc(-c3nc(C4c5ccccc5-c5c4ccc4c5cc5ccccn54)nc4ccccc34)c3ccccc23)cc1. The highest BCUT2D eigenvalue weighted by atomic mass is 14.9. The molecule has 3 aromatic heterocycles. The third-order valence-corrected chi connectivity index (χ3v) is 9.69. The molecule has 0 saturated heterocycles. The van der Waals surface area contributed by atoms with Crippen LogP contribution in [0.2, 0.25) is 0 Å². The minimum absolute atomic E-state index is 0.0724. The Morgan fingerprint density at radius 3 is 2.09 bits per heavy atom. The Bertz CT molecular complexity index is 2650. The van der Waals surface area contributed by atoms with Crippen molar-refractivity contribution in [2.75, 3.05) is 0 Å². The molecule has 3 nitrogen and oxygen atoms in total. The van der Waals surface area contributed by atoms with Crippen molar-refractivity contribution in [1.82, 2.24) is 14.4 Å². The van der Waals surface area contributed by atoms with E-state index in [1.165, 1.54) is 60.6 Å². The van der Waals surface area contributed by atoms with Crippen LogP contribution >= 0.6 is 0 Å². The molecule has 3 heterocycles. The van der Waals surface area contributed by atoms with Crippen molar-refractivity contribution in [3.8, 4) is 33.5 Å². The van der Waals surface area contributed by atoms with Crippen molar-refractivity contribution in [2.45, 2.75) is 5.92 Å². The van der Waals surface area contributed by atoms with Gasteiger partial charge in [0.05, 0.1) is 22.6 Å². The maximum Gasteiger partial charge on any atom is 0.141 e. The highest BCUT2D eigenvalue weighted by molar-refractivity contribution is 6.08. The molecule has 6 aromatic carbocycles. The summed E-state index contributed by atoms with van der Waals surface area (Å²) in [5.74, 6) is 0.760. The molecule has 1 aliphatic rings. The van der Waals surface area contributed by atoms with Crippen molar-refractivity contribution in [2.24, 2.45) is 0 Å². The van der Waals surface area contributed by atoms with Crippen LogP contribution < -0.4 is 0 Å². The third kappa shape index (κ3) is 3.60. The van der Waals surface area contributed by atoms with E-state index < -0.39 is 0 Å². The van der Waals surface area contributed by atoms with E-state index in [-0.39, 0.29) is 5.92 Å². The first-order valence-electron chi connectivity index (χ1n) is 15.8. The van der Waals surface area contributed by atoms with Gasteiger partial charge in [0.15, 0.2) is 0 Å². The predicted molar refractivity (Wildman–Crippen MR) is 189 cm³/mol. The van der Waals surface area contributed by atoms with Gasteiger partial charge in [-0.1, -0.05) is 121 Å². The van der Waals surface area contributed by atoms with Crippen LogP contribution in [0.4, 0.5) is 0 Å². The van der Waals surface area contributed by atoms with E-state index in [0.29, 0.717) is 0 Å². The summed E-state index contributed by atoms with van der Waals surface area (Å²) in [6.45, 7) is 0. The fourth-order valence-electron chi connectivity index (χ4n) is 7.69. The van der Waals surface area contributed by atoms with E-state index >= 15 is 0 Å². The number of pyridine rings is 1. The number of hydrogen-bond acceptors (Lipinski definition) is 2. The molecular formula is C43H27N3. The molecule has 1 unspecified atom stereocenters. The second kappa shape index (κ2) is 9.72. The quantitative estimate of drug-likeness (QED) is 0.206. The Hall–Kier alpha value is -6.06. The molecule has 0 bridgehead atoms. The highest BCUT2D eigenvalue weighted by Gasteiger charge is 2.34. The molecule has 0 spiro atoms. The van der Waals surface area contributed by atoms with Crippen molar-refractivity contribution >= 4 is 38.1 Å². The Kier molecular flexibility index (Phi) is 5.34. The van der Waals surface area contributed by atoms with Gasteiger partial charge in [0.25, 0.3) is 0 Å². The number of fused-ring (bicyclic) bond motifs is 9. The van der Waals surface area contributed by atoms with E-state index in [4.69, 9.17) is 9.97 Å². The minimum Gasteiger partial charge on any atom is -0.317 e. The topological polar surface area (TPSA) is 30.2 Å². The third-order valence-electron chi connectivity index (χ3n) is 9.69. The van der Waals surface area contributed by atoms with Gasteiger partial charge in [-0.3, -0.25) is 0 Å². The van der Waals surface area contributed by atoms with Crippen LogP contribution in [0.25, 0.3) is 71.6 Å². The predicted octanol–water partition coefficient (Wildman–Crippen LogP) is 10.7. The van der Waals surface area contributed by atoms with Crippen LogP contribution in [0.5, 0.6) is 0 Å². The van der Waals surface area contributed by atoms with Gasteiger partial charge >= 0.3 is 0 Å². The fraction of sp³-hybridized carbons (Fsp3) is 0.0233. The molecule has 46 heavy (non-hydrogen) atoms. The Morgan fingerprint density at radius 2 is 1.20 bits per heavy atom. The normalized spacial score (nSPS) is 13.9. The molecule has 9 aromatic rings. The van der Waals surface area contributed by atoms with E-state index in [1.54, 1.807) is 0 Å². The summed E-state index contributed by atoms with van der Waals surface area (Å²) in [5.41, 5.74) is 13.0. The lowest BCUT2D eigenvalue weighted by Gasteiger charge is -2.17. The molecule has 0 fully saturated rings. The highest BCUT2D eigenvalue weighted by Crippen LogP contribution is 2.51. The average Bonchev–Trinajstić information content (AvgIpc) is 3.67. The van der Waals surface area contributed by atoms with Crippen LogP contribution in [-0.2, 0) is 0 Å². The zero-order chi connectivity index (χ0) is 30.2. The maximum atomic E-state index is 5.51. The van der Waals surface area contributed by atoms with E-state index in [1.807, 2.05) is 0 Å². The van der Waals surface area contributed by atoms with Crippen LogP contribution in [-0.4, -0.2) is 14.4 Å². The monoisotopic (exact) mass is 585 g/mol. The molecule has 0 radical (unpaired) electrons. The first-order valence-corrected chi connectivity index (χ1v) is 15.8. The molecule has 0 saturated carbocycles. The summed E-state index contributed by atoms with van der Waals surface area (Å²) >= 11 is 0. The lowest BCUT2D eigenvalue weighted by Crippen LogP contribution is -2.07. The van der Waals surface area contributed by atoms with Gasteiger partial charge in [0.1, 0.15) is 5.82 Å². The van der Waals surface area contributed by atoms with Gasteiger partial charge in [-0.05, 0) is 74.5 Å². The first kappa shape index (κ1) is 25.3.